The van der Waals surface area contributed by atoms with E-state index in [9.17, 15) is 9.59 Å². The van der Waals surface area contributed by atoms with Crippen molar-refractivity contribution in [2.45, 2.75) is 39.2 Å². The Morgan fingerprint density at radius 2 is 1.96 bits per heavy atom. The SMILES string of the molecule is C=Cc1ccc(OC(=O)[C@@]23CC[C@](C)(C(=O)O2)C3(C)C)c(OC)c1. The van der Waals surface area contributed by atoms with Gasteiger partial charge in [-0.2, -0.15) is 0 Å². The van der Waals surface area contributed by atoms with Gasteiger partial charge in [-0.05, 0) is 37.5 Å². The largest absolute Gasteiger partial charge is 0.493 e. The van der Waals surface area contributed by atoms with Crippen molar-refractivity contribution in [3.05, 3.63) is 30.3 Å². The van der Waals surface area contributed by atoms with E-state index < -0.39 is 22.4 Å². The lowest BCUT2D eigenvalue weighted by atomic mass is 9.66. The maximum atomic E-state index is 12.9. The first-order valence-corrected chi connectivity index (χ1v) is 7.98. The van der Waals surface area contributed by atoms with Crippen LogP contribution in [0.2, 0.25) is 0 Å². The van der Waals surface area contributed by atoms with Crippen LogP contribution in [-0.4, -0.2) is 24.6 Å². The minimum Gasteiger partial charge on any atom is -0.493 e. The fraction of sp³-hybridized carbons (Fsp3) is 0.474. The molecule has 0 N–H and O–H groups in total. The molecule has 2 bridgehead atoms. The number of hydrogen-bond acceptors (Lipinski definition) is 5. The minimum absolute atomic E-state index is 0.301. The Hall–Kier alpha value is -2.30. The van der Waals surface area contributed by atoms with Crippen LogP contribution in [0.3, 0.4) is 0 Å². The number of carbonyl (C=O) groups is 2. The number of ether oxygens (including phenoxy) is 3. The summed E-state index contributed by atoms with van der Waals surface area (Å²) >= 11 is 0. The number of methoxy groups -OCH3 is 1. The first kappa shape index (κ1) is 16.6. The molecule has 0 amide bonds. The van der Waals surface area contributed by atoms with Gasteiger partial charge in [0.15, 0.2) is 11.5 Å². The first-order chi connectivity index (χ1) is 11.2. The van der Waals surface area contributed by atoms with Crippen molar-refractivity contribution in [1.82, 2.24) is 0 Å². The van der Waals surface area contributed by atoms with Gasteiger partial charge in [-0.15, -0.1) is 0 Å². The molecule has 1 aromatic rings. The lowest BCUT2D eigenvalue weighted by molar-refractivity contribution is -0.176. The molecule has 3 rings (SSSR count). The molecule has 0 spiro atoms. The lowest BCUT2D eigenvalue weighted by Crippen LogP contribution is -2.50. The summed E-state index contributed by atoms with van der Waals surface area (Å²) in [6.45, 7) is 9.35. The average Bonchev–Trinajstić information content (AvgIpc) is 2.85. The molecule has 1 heterocycles. The molecule has 1 aliphatic carbocycles. The van der Waals surface area contributed by atoms with Crippen molar-refractivity contribution in [2.24, 2.45) is 10.8 Å². The summed E-state index contributed by atoms with van der Waals surface area (Å²) in [5.41, 5.74) is -1.70. The molecule has 2 aliphatic rings. The molecule has 2 fully saturated rings. The zero-order valence-corrected chi connectivity index (χ0v) is 14.5. The van der Waals surface area contributed by atoms with Crippen molar-refractivity contribution in [2.75, 3.05) is 7.11 Å². The first-order valence-electron chi connectivity index (χ1n) is 7.98. The number of hydrogen-bond donors (Lipinski definition) is 0. The quantitative estimate of drug-likeness (QED) is 0.626. The van der Waals surface area contributed by atoms with Gasteiger partial charge in [0.25, 0.3) is 0 Å². The molecule has 0 unspecified atom stereocenters. The van der Waals surface area contributed by atoms with Gasteiger partial charge in [0.2, 0.25) is 5.60 Å². The normalized spacial score (nSPS) is 29.9. The Bertz CT molecular complexity index is 735. The second-order valence-corrected chi connectivity index (χ2v) is 7.18. The van der Waals surface area contributed by atoms with Crippen LogP contribution in [0.25, 0.3) is 6.08 Å². The van der Waals surface area contributed by atoms with E-state index in [-0.39, 0.29) is 5.97 Å². The summed E-state index contributed by atoms with van der Waals surface area (Å²) < 4.78 is 16.4. The fourth-order valence-electron chi connectivity index (χ4n) is 3.78. The highest BCUT2D eigenvalue weighted by Gasteiger charge is 2.76. The predicted molar refractivity (Wildman–Crippen MR) is 88.7 cm³/mol. The van der Waals surface area contributed by atoms with E-state index >= 15 is 0 Å². The van der Waals surface area contributed by atoms with Gasteiger partial charge in [0, 0.05) is 5.41 Å². The van der Waals surface area contributed by atoms with Crippen molar-refractivity contribution in [3.8, 4) is 11.5 Å². The molecule has 5 heteroatoms. The molecule has 24 heavy (non-hydrogen) atoms. The molecule has 1 aromatic carbocycles. The van der Waals surface area contributed by atoms with Crippen LogP contribution in [0.5, 0.6) is 11.5 Å². The zero-order valence-electron chi connectivity index (χ0n) is 14.5. The van der Waals surface area contributed by atoms with Crippen LogP contribution in [0.4, 0.5) is 0 Å². The third-order valence-corrected chi connectivity index (χ3v) is 6.04. The smallest absolute Gasteiger partial charge is 0.356 e. The van der Waals surface area contributed by atoms with E-state index in [1.807, 2.05) is 20.8 Å². The highest BCUT2D eigenvalue weighted by molar-refractivity contribution is 5.94. The second kappa shape index (κ2) is 5.10. The van der Waals surface area contributed by atoms with Gasteiger partial charge >= 0.3 is 11.9 Å². The Kier molecular flexibility index (Phi) is 3.52. The summed E-state index contributed by atoms with van der Waals surface area (Å²) in [6.07, 6.45) is 2.76. The third kappa shape index (κ3) is 1.87. The van der Waals surface area contributed by atoms with Gasteiger partial charge < -0.3 is 14.2 Å². The van der Waals surface area contributed by atoms with Gasteiger partial charge in [-0.25, -0.2) is 4.79 Å². The topological polar surface area (TPSA) is 61.8 Å². The molecule has 128 valence electrons. The predicted octanol–water partition coefficient (Wildman–Crippen LogP) is 3.37. The molecule has 0 radical (unpaired) electrons. The van der Waals surface area contributed by atoms with Crippen LogP contribution in [0.15, 0.2) is 24.8 Å². The molecule has 5 nitrogen and oxygen atoms in total. The lowest BCUT2D eigenvalue weighted by Gasteiger charge is -2.34. The van der Waals surface area contributed by atoms with E-state index in [4.69, 9.17) is 14.2 Å². The molecule has 1 aliphatic heterocycles. The van der Waals surface area contributed by atoms with Crippen LogP contribution in [0.1, 0.15) is 39.2 Å². The number of fused-ring (bicyclic) bond motifs is 2. The van der Waals surface area contributed by atoms with Gasteiger partial charge in [-0.1, -0.05) is 32.6 Å². The summed E-state index contributed by atoms with van der Waals surface area (Å²) in [5, 5.41) is 0. The third-order valence-electron chi connectivity index (χ3n) is 6.04. The summed E-state index contributed by atoms with van der Waals surface area (Å²) in [5.74, 6) is -0.147. The molecular weight excluding hydrogens is 308 g/mol. The fourth-order valence-corrected chi connectivity index (χ4v) is 3.78. The monoisotopic (exact) mass is 330 g/mol. The maximum Gasteiger partial charge on any atom is 0.356 e. The van der Waals surface area contributed by atoms with Crippen molar-refractivity contribution in [1.29, 1.82) is 0 Å². The summed E-state index contributed by atoms with van der Waals surface area (Å²) in [7, 11) is 1.50. The van der Waals surface area contributed by atoms with Gasteiger partial charge in [-0.3, -0.25) is 4.79 Å². The Morgan fingerprint density at radius 3 is 2.46 bits per heavy atom. The number of esters is 2. The van der Waals surface area contributed by atoms with Crippen molar-refractivity contribution >= 4 is 18.0 Å². The van der Waals surface area contributed by atoms with E-state index in [0.717, 1.165) is 5.56 Å². The van der Waals surface area contributed by atoms with Crippen LogP contribution < -0.4 is 9.47 Å². The van der Waals surface area contributed by atoms with E-state index in [1.54, 1.807) is 24.3 Å². The van der Waals surface area contributed by atoms with Gasteiger partial charge in [0.05, 0.1) is 12.5 Å². The summed E-state index contributed by atoms with van der Waals surface area (Å²) in [6, 6.07) is 5.17. The number of rotatable bonds is 4. The second-order valence-electron chi connectivity index (χ2n) is 7.18. The maximum absolute atomic E-state index is 12.9. The minimum atomic E-state index is -1.25. The molecule has 1 saturated heterocycles. The van der Waals surface area contributed by atoms with E-state index in [2.05, 4.69) is 6.58 Å². The van der Waals surface area contributed by atoms with Crippen LogP contribution >= 0.6 is 0 Å². The molecular formula is C19H22O5. The molecule has 2 atom stereocenters. The van der Waals surface area contributed by atoms with Gasteiger partial charge in [0.1, 0.15) is 0 Å². The summed E-state index contributed by atoms with van der Waals surface area (Å²) in [4.78, 5) is 25.2. The van der Waals surface area contributed by atoms with E-state index in [1.165, 1.54) is 7.11 Å². The van der Waals surface area contributed by atoms with Crippen molar-refractivity contribution < 1.29 is 23.8 Å². The standard InChI is InChI=1S/C19H22O5/c1-6-12-7-8-13(14(11-12)22-5)23-16(21)19-10-9-18(4,15(20)24-19)17(19,2)3/h6-8,11H,1,9-10H2,2-5H3/t18-,19-/m1/s1. The number of benzene rings is 1. The Labute approximate surface area is 141 Å². The average molecular weight is 330 g/mol. The van der Waals surface area contributed by atoms with E-state index in [0.29, 0.717) is 24.3 Å². The van der Waals surface area contributed by atoms with Crippen LogP contribution in [0, 0.1) is 10.8 Å². The molecule has 1 saturated carbocycles. The van der Waals surface area contributed by atoms with Crippen molar-refractivity contribution in [3.63, 3.8) is 0 Å². The zero-order chi connectivity index (χ0) is 17.8. The Morgan fingerprint density at radius 1 is 1.25 bits per heavy atom. The molecule has 0 aromatic heterocycles. The van der Waals surface area contributed by atoms with Crippen LogP contribution in [-0.2, 0) is 14.3 Å². The Balaban J connectivity index is 1.94. The highest BCUT2D eigenvalue weighted by atomic mass is 16.6. The highest BCUT2D eigenvalue weighted by Crippen LogP contribution is 2.65. The number of carbonyl (C=O) groups excluding carboxylic acids is 2.